The van der Waals surface area contributed by atoms with E-state index in [4.69, 9.17) is 16.0 Å². The van der Waals surface area contributed by atoms with Crippen LogP contribution in [0, 0.1) is 6.92 Å². The molecule has 0 aliphatic carbocycles. The molecule has 1 N–H and O–H groups in total. The van der Waals surface area contributed by atoms with Crippen molar-refractivity contribution in [1.82, 2.24) is 25.4 Å². The second-order valence-electron chi connectivity index (χ2n) is 3.98. The highest BCUT2D eigenvalue weighted by atomic mass is 35.5. The first kappa shape index (κ1) is 13.1. The van der Waals surface area contributed by atoms with Crippen molar-refractivity contribution in [3.63, 3.8) is 0 Å². The maximum atomic E-state index is 5.85. The average molecular weight is 308 g/mol. The van der Waals surface area contributed by atoms with Crippen molar-refractivity contribution in [2.24, 2.45) is 0 Å². The van der Waals surface area contributed by atoms with E-state index < -0.39 is 0 Å². The van der Waals surface area contributed by atoms with Gasteiger partial charge in [0.25, 0.3) is 0 Å². The molecule has 0 unspecified atom stereocenters. The molecule has 20 heavy (non-hydrogen) atoms. The van der Waals surface area contributed by atoms with E-state index in [0.29, 0.717) is 33.5 Å². The summed E-state index contributed by atoms with van der Waals surface area (Å²) in [6, 6.07) is 7.40. The van der Waals surface area contributed by atoms with E-state index in [1.54, 1.807) is 6.92 Å². The van der Waals surface area contributed by atoms with Crippen molar-refractivity contribution in [2.75, 3.05) is 0 Å². The molecule has 0 saturated carbocycles. The van der Waals surface area contributed by atoms with Gasteiger partial charge in [0.2, 0.25) is 16.9 Å². The first-order valence-corrected chi connectivity index (χ1v) is 7.17. The maximum Gasteiger partial charge on any atom is 0.226 e. The number of nitrogens with one attached hydrogen (secondary N) is 1. The molecule has 0 spiro atoms. The lowest BCUT2D eigenvalue weighted by Gasteiger charge is -1.95. The van der Waals surface area contributed by atoms with Gasteiger partial charge in [-0.25, -0.2) is 4.98 Å². The summed E-state index contributed by atoms with van der Waals surface area (Å²) in [5.41, 5.74) is 0.933. The SMILES string of the molecule is Cc1nnc(CSc2n[nH]c(-c3ccc(Cl)cc3)n2)o1. The lowest BCUT2D eigenvalue weighted by Crippen LogP contribution is -1.82. The fourth-order valence-electron chi connectivity index (χ4n) is 1.57. The fraction of sp³-hybridized carbons (Fsp3) is 0.167. The Morgan fingerprint density at radius 3 is 2.75 bits per heavy atom. The predicted molar refractivity (Wildman–Crippen MR) is 75.4 cm³/mol. The van der Waals surface area contributed by atoms with Gasteiger partial charge in [0.1, 0.15) is 0 Å². The maximum absolute atomic E-state index is 5.85. The number of thioether (sulfide) groups is 1. The molecule has 0 atom stereocenters. The summed E-state index contributed by atoms with van der Waals surface area (Å²) in [5, 5.41) is 16.0. The number of H-pyrrole nitrogens is 1. The molecule has 0 fully saturated rings. The lowest BCUT2D eigenvalue weighted by atomic mass is 10.2. The zero-order valence-electron chi connectivity index (χ0n) is 10.5. The van der Waals surface area contributed by atoms with E-state index in [0.717, 1.165) is 5.56 Å². The highest BCUT2D eigenvalue weighted by Gasteiger charge is 2.09. The van der Waals surface area contributed by atoms with Gasteiger partial charge in [0, 0.05) is 17.5 Å². The van der Waals surface area contributed by atoms with E-state index in [1.807, 2.05) is 24.3 Å². The number of hydrogen-bond acceptors (Lipinski definition) is 6. The molecule has 3 aromatic rings. The highest BCUT2D eigenvalue weighted by Crippen LogP contribution is 2.22. The molecule has 8 heteroatoms. The van der Waals surface area contributed by atoms with Gasteiger partial charge in [-0.15, -0.1) is 15.3 Å². The molecule has 0 bridgehead atoms. The van der Waals surface area contributed by atoms with Gasteiger partial charge < -0.3 is 4.42 Å². The Morgan fingerprint density at radius 1 is 1.25 bits per heavy atom. The summed E-state index contributed by atoms with van der Waals surface area (Å²) >= 11 is 7.28. The third-order valence-corrected chi connectivity index (χ3v) is 3.56. The molecule has 0 radical (unpaired) electrons. The number of benzene rings is 1. The Hall–Kier alpha value is -1.86. The van der Waals surface area contributed by atoms with E-state index in [9.17, 15) is 0 Å². The van der Waals surface area contributed by atoms with Gasteiger partial charge in [0.05, 0.1) is 5.75 Å². The van der Waals surface area contributed by atoms with E-state index in [-0.39, 0.29) is 0 Å². The third-order valence-electron chi connectivity index (χ3n) is 2.48. The molecule has 0 saturated heterocycles. The van der Waals surface area contributed by atoms with Crippen LogP contribution >= 0.6 is 23.4 Å². The van der Waals surface area contributed by atoms with Crippen LogP contribution in [0.4, 0.5) is 0 Å². The third kappa shape index (κ3) is 3.00. The minimum absolute atomic E-state index is 0.540. The molecule has 2 heterocycles. The van der Waals surface area contributed by atoms with Crippen LogP contribution in [-0.4, -0.2) is 25.4 Å². The predicted octanol–water partition coefficient (Wildman–Crippen LogP) is 3.11. The summed E-state index contributed by atoms with van der Waals surface area (Å²) in [4.78, 5) is 4.40. The van der Waals surface area contributed by atoms with E-state index >= 15 is 0 Å². The Bertz CT molecular complexity index is 709. The molecular weight excluding hydrogens is 298 g/mol. The van der Waals surface area contributed by atoms with Crippen molar-refractivity contribution in [3.8, 4) is 11.4 Å². The molecule has 102 valence electrons. The summed E-state index contributed by atoms with van der Waals surface area (Å²) in [6.07, 6.45) is 0. The minimum Gasteiger partial charge on any atom is -0.425 e. The Balaban J connectivity index is 1.69. The van der Waals surface area contributed by atoms with Crippen LogP contribution in [0.15, 0.2) is 33.8 Å². The van der Waals surface area contributed by atoms with Gasteiger partial charge >= 0.3 is 0 Å². The number of nitrogens with zero attached hydrogens (tertiary/aromatic N) is 4. The molecule has 0 amide bonds. The second kappa shape index (κ2) is 5.64. The zero-order valence-corrected chi connectivity index (χ0v) is 12.1. The molecule has 3 rings (SSSR count). The summed E-state index contributed by atoms with van der Waals surface area (Å²) in [7, 11) is 0. The summed E-state index contributed by atoms with van der Waals surface area (Å²) in [6.45, 7) is 1.76. The normalized spacial score (nSPS) is 10.9. The largest absolute Gasteiger partial charge is 0.425 e. The average Bonchev–Trinajstić information content (AvgIpc) is 3.06. The number of halogens is 1. The van der Waals surface area contributed by atoms with Crippen LogP contribution in [0.25, 0.3) is 11.4 Å². The highest BCUT2D eigenvalue weighted by molar-refractivity contribution is 7.98. The number of rotatable bonds is 4. The van der Waals surface area contributed by atoms with Gasteiger partial charge in [-0.1, -0.05) is 23.4 Å². The molecule has 6 nitrogen and oxygen atoms in total. The Labute approximate surface area is 124 Å². The van der Waals surface area contributed by atoms with Gasteiger partial charge in [0.15, 0.2) is 5.82 Å². The molecule has 2 aromatic heterocycles. The van der Waals surface area contributed by atoms with Crippen LogP contribution in [-0.2, 0) is 5.75 Å². The van der Waals surface area contributed by atoms with E-state index in [2.05, 4.69) is 25.4 Å². The first-order chi connectivity index (χ1) is 9.70. The van der Waals surface area contributed by atoms with Crippen LogP contribution in [0.2, 0.25) is 5.02 Å². The van der Waals surface area contributed by atoms with Crippen LogP contribution in [0.3, 0.4) is 0 Å². The quantitative estimate of drug-likeness (QED) is 0.746. The standard InChI is InChI=1S/C12H10ClN5OS/c1-7-15-16-10(19-7)6-20-12-14-11(17-18-12)8-2-4-9(13)5-3-8/h2-5H,6H2,1H3,(H,14,17,18). The smallest absolute Gasteiger partial charge is 0.226 e. The minimum atomic E-state index is 0.540. The Kier molecular flexibility index (Phi) is 3.70. The van der Waals surface area contributed by atoms with Crippen molar-refractivity contribution in [3.05, 3.63) is 41.1 Å². The van der Waals surface area contributed by atoms with Gasteiger partial charge in [-0.2, -0.15) is 0 Å². The number of aromatic amines is 1. The van der Waals surface area contributed by atoms with Crippen LogP contribution < -0.4 is 0 Å². The van der Waals surface area contributed by atoms with E-state index in [1.165, 1.54) is 11.8 Å². The summed E-state index contributed by atoms with van der Waals surface area (Å²) in [5.74, 6) is 2.35. The molecule has 1 aromatic carbocycles. The number of aryl methyl sites for hydroxylation is 1. The van der Waals surface area contributed by atoms with Gasteiger partial charge in [-0.3, -0.25) is 5.10 Å². The lowest BCUT2D eigenvalue weighted by molar-refractivity contribution is 0.485. The number of aromatic nitrogens is 5. The number of hydrogen-bond donors (Lipinski definition) is 1. The second-order valence-corrected chi connectivity index (χ2v) is 5.36. The Morgan fingerprint density at radius 2 is 2.05 bits per heavy atom. The molecule has 0 aliphatic rings. The van der Waals surface area contributed by atoms with Crippen LogP contribution in [0.5, 0.6) is 0 Å². The molecular formula is C12H10ClN5OS. The molecule has 0 aliphatic heterocycles. The van der Waals surface area contributed by atoms with Crippen molar-refractivity contribution in [2.45, 2.75) is 17.8 Å². The topological polar surface area (TPSA) is 80.5 Å². The van der Waals surface area contributed by atoms with Crippen LogP contribution in [0.1, 0.15) is 11.8 Å². The fourth-order valence-corrected chi connectivity index (χ4v) is 2.33. The van der Waals surface area contributed by atoms with Crippen molar-refractivity contribution >= 4 is 23.4 Å². The van der Waals surface area contributed by atoms with Crippen molar-refractivity contribution < 1.29 is 4.42 Å². The van der Waals surface area contributed by atoms with Crippen molar-refractivity contribution in [1.29, 1.82) is 0 Å². The zero-order chi connectivity index (χ0) is 13.9. The van der Waals surface area contributed by atoms with Gasteiger partial charge in [-0.05, 0) is 24.3 Å². The first-order valence-electron chi connectivity index (χ1n) is 5.81. The summed E-state index contributed by atoms with van der Waals surface area (Å²) < 4.78 is 5.29. The monoisotopic (exact) mass is 307 g/mol.